The fraction of sp³-hybridized carbons (Fsp3) is 0.562. The van der Waals surface area contributed by atoms with Crippen molar-refractivity contribution in [3.05, 3.63) is 29.8 Å². The van der Waals surface area contributed by atoms with Gasteiger partial charge in [0.2, 0.25) is 0 Å². The summed E-state index contributed by atoms with van der Waals surface area (Å²) < 4.78 is 5.76. The highest BCUT2D eigenvalue weighted by Gasteiger charge is 2.35. The Kier molecular flexibility index (Phi) is 3.66. The van der Waals surface area contributed by atoms with Gasteiger partial charge >= 0.3 is 0 Å². The highest BCUT2D eigenvalue weighted by atomic mass is 16.5. The van der Waals surface area contributed by atoms with Gasteiger partial charge in [-0.2, -0.15) is 0 Å². The molecular weight excluding hydrogens is 254 g/mol. The number of likely N-dealkylation sites (tertiary alicyclic amines) is 1. The highest BCUT2D eigenvalue weighted by Crippen LogP contribution is 2.30. The van der Waals surface area contributed by atoms with Gasteiger partial charge in [-0.15, -0.1) is 0 Å². The van der Waals surface area contributed by atoms with Crippen molar-refractivity contribution in [2.75, 3.05) is 13.1 Å². The number of hydrogen-bond donors (Lipinski definition) is 1. The largest absolute Gasteiger partial charge is 0.480 e. The molecule has 3 rings (SSSR count). The zero-order chi connectivity index (χ0) is 14.1. The molecule has 108 valence electrons. The van der Waals surface area contributed by atoms with Crippen molar-refractivity contribution in [2.24, 2.45) is 5.92 Å². The Labute approximate surface area is 119 Å². The third-order valence-electron chi connectivity index (χ3n) is 4.37. The monoisotopic (exact) mass is 275 g/mol. The number of carbonyl (C=O) groups excluding carboxylic acids is 1. The Morgan fingerprint density at radius 1 is 1.45 bits per heavy atom. The first-order valence-electron chi connectivity index (χ1n) is 7.36. The SMILES string of the molecule is CC(O)C1CCCN(C(=O)C2Cc3ccccc3O2)C1. The predicted octanol–water partition coefficient (Wildman–Crippen LogP) is 1.61. The molecule has 1 amide bonds. The van der Waals surface area contributed by atoms with Crippen LogP contribution in [0.5, 0.6) is 5.75 Å². The van der Waals surface area contributed by atoms with Crippen molar-refractivity contribution in [1.82, 2.24) is 4.90 Å². The average Bonchev–Trinajstić information content (AvgIpc) is 2.90. The van der Waals surface area contributed by atoms with Crippen molar-refractivity contribution < 1.29 is 14.6 Å². The summed E-state index contributed by atoms with van der Waals surface area (Å²) in [6.07, 6.45) is 1.87. The van der Waals surface area contributed by atoms with E-state index in [9.17, 15) is 9.90 Å². The number of piperidine rings is 1. The second kappa shape index (κ2) is 5.44. The summed E-state index contributed by atoms with van der Waals surface area (Å²) in [5.41, 5.74) is 1.11. The molecule has 1 aromatic carbocycles. The van der Waals surface area contributed by atoms with Crippen LogP contribution in [-0.4, -0.2) is 41.2 Å². The lowest BCUT2D eigenvalue weighted by molar-refractivity contribution is -0.140. The highest BCUT2D eigenvalue weighted by molar-refractivity contribution is 5.82. The summed E-state index contributed by atoms with van der Waals surface area (Å²) in [7, 11) is 0. The van der Waals surface area contributed by atoms with E-state index in [1.54, 1.807) is 6.92 Å². The van der Waals surface area contributed by atoms with Gasteiger partial charge in [-0.1, -0.05) is 18.2 Å². The molecule has 2 heterocycles. The van der Waals surface area contributed by atoms with Crippen molar-refractivity contribution in [2.45, 2.75) is 38.4 Å². The number of aliphatic hydroxyl groups excluding tert-OH is 1. The van der Waals surface area contributed by atoms with Crippen molar-refractivity contribution >= 4 is 5.91 Å². The van der Waals surface area contributed by atoms with Crippen LogP contribution >= 0.6 is 0 Å². The molecule has 1 aromatic rings. The van der Waals surface area contributed by atoms with Crippen LogP contribution in [0, 0.1) is 5.92 Å². The molecule has 3 unspecified atom stereocenters. The van der Waals surface area contributed by atoms with Gasteiger partial charge in [0.05, 0.1) is 6.10 Å². The van der Waals surface area contributed by atoms with E-state index in [0.29, 0.717) is 13.0 Å². The van der Waals surface area contributed by atoms with Crippen LogP contribution in [-0.2, 0) is 11.2 Å². The van der Waals surface area contributed by atoms with Crippen LogP contribution in [0.2, 0.25) is 0 Å². The normalized spacial score (nSPS) is 26.8. The number of rotatable bonds is 2. The van der Waals surface area contributed by atoms with E-state index in [1.807, 2.05) is 29.2 Å². The molecular formula is C16H21NO3. The topological polar surface area (TPSA) is 49.8 Å². The molecule has 1 saturated heterocycles. The fourth-order valence-corrected chi connectivity index (χ4v) is 3.13. The summed E-state index contributed by atoms with van der Waals surface area (Å²) >= 11 is 0. The third-order valence-corrected chi connectivity index (χ3v) is 4.37. The molecule has 2 aliphatic rings. The predicted molar refractivity (Wildman–Crippen MR) is 75.5 cm³/mol. The molecule has 0 spiro atoms. The Bertz CT molecular complexity index is 475. The Morgan fingerprint density at radius 3 is 3.00 bits per heavy atom. The Balaban J connectivity index is 1.66. The molecule has 0 aromatic heterocycles. The lowest BCUT2D eigenvalue weighted by Gasteiger charge is -2.35. The van der Waals surface area contributed by atoms with E-state index in [0.717, 1.165) is 30.7 Å². The average molecular weight is 275 g/mol. The number of ether oxygens (including phenoxy) is 1. The van der Waals surface area contributed by atoms with Gasteiger partial charge in [-0.25, -0.2) is 0 Å². The van der Waals surface area contributed by atoms with Crippen LogP contribution < -0.4 is 4.74 Å². The summed E-state index contributed by atoms with van der Waals surface area (Å²) in [5, 5.41) is 9.71. The molecule has 0 bridgehead atoms. The molecule has 20 heavy (non-hydrogen) atoms. The smallest absolute Gasteiger partial charge is 0.264 e. The number of aliphatic hydroxyl groups is 1. The Hall–Kier alpha value is -1.55. The molecule has 4 nitrogen and oxygen atoms in total. The minimum atomic E-state index is -0.389. The number of amides is 1. The van der Waals surface area contributed by atoms with E-state index in [2.05, 4.69) is 0 Å². The maximum absolute atomic E-state index is 12.6. The van der Waals surface area contributed by atoms with E-state index in [-0.39, 0.29) is 24.0 Å². The number of carbonyl (C=O) groups is 1. The number of fused-ring (bicyclic) bond motifs is 1. The summed E-state index contributed by atoms with van der Waals surface area (Å²) in [5.74, 6) is 1.08. The zero-order valence-electron chi connectivity index (χ0n) is 11.8. The first-order valence-corrected chi connectivity index (χ1v) is 7.36. The second-order valence-corrected chi connectivity index (χ2v) is 5.85. The lowest BCUT2D eigenvalue weighted by atomic mass is 9.93. The van der Waals surface area contributed by atoms with Gasteiger partial charge in [0.25, 0.3) is 5.91 Å². The van der Waals surface area contributed by atoms with Gasteiger partial charge in [0.15, 0.2) is 6.10 Å². The number of para-hydroxylation sites is 1. The molecule has 1 fully saturated rings. The van der Waals surface area contributed by atoms with E-state index < -0.39 is 0 Å². The number of nitrogens with zero attached hydrogens (tertiary/aromatic N) is 1. The van der Waals surface area contributed by atoms with Gasteiger partial charge in [0.1, 0.15) is 5.75 Å². The fourth-order valence-electron chi connectivity index (χ4n) is 3.13. The van der Waals surface area contributed by atoms with Gasteiger partial charge < -0.3 is 14.7 Å². The van der Waals surface area contributed by atoms with Crippen molar-refractivity contribution in [3.63, 3.8) is 0 Å². The first kappa shape index (κ1) is 13.4. The Morgan fingerprint density at radius 2 is 2.25 bits per heavy atom. The summed E-state index contributed by atoms with van der Waals surface area (Å²) in [4.78, 5) is 14.4. The molecule has 2 aliphatic heterocycles. The van der Waals surface area contributed by atoms with Gasteiger partial charge in [0, 0.05) is 25.4 Å². The third kappa shape index (κ3) is 2.52. The summed E-state index contributed by atoms with van der Waals surface area (Å²) in [6, 6.07) is 7.82. The number of hydrogen-bond acceptors (Lipinski definition) is 3. The zero-order valence-corrected chi connectivity index (χ0v) is 11.8. The molecule has 3 atom stereocenters. The van der Waals surface area contributed by atoms with Gasteiger partial charge in [-0.3, -0.25) is 4.79 Å². The van der Waals surface area contributed by atoms with Gasteiger partial charge in [-0.05, 0) is 31.4 Å². The molecule has 4 heteroatoms. The van der Waals surface area contributed by atoms with Crippen LogP contribution in [0.1, 0.15) is 25.3 Å². The molecule has 0 saturated carbocycles. The lowest BCUT2D eigenvalue weighted by Crippen LogP contribution is -2.48. The standard InChI is InChI=1S/C16H21NO3/c1-11(18)13-6-4-8-17(10-13)16(19)15-9-12-5-2-3-7-14(12)20-15/h2-3,5,7,11,13,15,18H,4,6,8-10H2,1H3. The number of benzene rings is 1. The van der Waals surface area contributed by atoms with Crippen molar-refractivity contribution in [1.29, 1.82) is 0 Å². The summed E-state index contributed by atoms with van der Waals surface area (Å²) in [6.45, 7) is 3.23. The first-order chi connectivity index (χ1) is 9.65. The molecule has 0 aliphatic carbocycles. The molecule has 1 N–H and O–H groups in total. The van der Waals surface area contributed by atoms with Crippen molar-refractivity contribution in [3.8, 4) is 5.75 Å². The van der Waals surface area contributed by atoms with Crippen LogP contribution in [0.15, 0.2) is 24.3 Å². The van der Waals surface area contributed by atoms with E-state index in [1.165, 1.54) is 0 Å². The molecule has 0 radical (unpaired) electrons. The quantitative estimate of drug-likeness (QED) is 0.892. The minimum absolute atomic E-state index is 0.0616. The minimum Gasteiger partial charge on any atom is -0.480 e. The van der Waals surface area contributed by atoms with E-state index >= 15 is 0 Å². The maximum atomic E-state index is 12.6. The second-order valence-electron chi connectivity index (χ2n) is 5.85. The van der Waals surface area contributed by atoms with E-state index in [4.69, 9.17) is 4.74 Å². The maximum Gasteiger partial charge on any atom is 0.264 e. The van der Waals surface area contributed by atoms with Crippen LogP contribution in [0.4, 0.5) is 0 Å². The van der Waals surface area contributed by atoms with Crippen LogP contribution in [0.25, 0.3) is 0 Å². The van der Waals surface area contributed by atoms with Crippen LogP contribution in [0.3, 0.4) is 0 Å².